The first-order valence-corrected chi connectivity index (χ1v) is 15.3. The fraction of sp³-hybridized carbons (Fsp3) is 0.448. The number of sulfone groups is 1. The lowest BCUT2D eigenvalue weighted by Crippen LogP contribution is -2.52. The fourth-order valence-electron chi connectivity index (χ4n) is 6.01. The molecule has 1 atom stereocenters. The Kier molecular flexibility index (Phi) is 7.07. The molecule has 1 N–H and O–H groups in total. The van der Waals surface area contributed by atoms with E-state index in [-0.39, 0.29) is 28.7 Å². The Morgan fingerprint density at radius 3 is 2.61 bits per heavy atom. The number of carbonyl (C=O) groups is 2. The van der Waals surface area contributed by atoms with Gasteiger partial charge in [-0.05, 0) is 79.5 Å². The van der Waals surface area contributed by atoms with Crippen molar-refractivity contribution in [2.45, 2.75) is 62.4 Å². The van der Waals surface area contributed by atoms with Crippen LogP contribution < -0.4 is 0 Å². The summed E-state index contributed by atoms with van der Waals surface area (Å²) in [4.78, 5) is 28.1. The molecule has 1 amide bonds. The van der Waals surface area contributed by atoms with Crippen LogP contribution in [0, 0.1) is 12.8 Å². The number of carbonyl (C=O) groups excluding carboxylic acids is 2. The first-order chi connectivity index (χ1) is 18.0. The van der Waals surface area contributed by atoms with Crippen LogP contribution in [-0.2, 0) is 24.2 Å². The molecule has 1 spiro atoms. The molecule has 1 saturated carbocycles. The molecule has 0 bridgehead atoms. The molecule has 0 aromatic heterocycles. The van der Waals surface area contributed by atoms with E-state index in [1.165, 1.54) is 6.07 Å². The number of benzene rings is 2. The smallest absolute Gasteiger partial charge is 0.343 e. The standard InChI is InChI=1S/C29H32ClNO6S/c1-18-13-23(20-9-5-10-21(15-20)38(2,35)36)24(30)16-22(18)26-27(33)29(37-28(26)34)11-6-12-31(17-29)25(32)14-19-7-3-4-8-19/h5,9-10,13,15-16,19,33H,3-4,6-8,11-12,14,17H2,1-2H3. The number of esters is 1. The number of aliphatic hydroxyl groups excluding tert-OH is 1. The van der Waals surface area contributed by atoms with Crippen molar-refractivity contribution in [2.24, 2.45) is 5.92 Å². The molecule has 5 rings (SSSR count). The van der Waals surface area contributed by atoms with E-state index >= 15 is 0 Å². The summed E-state index contributed by atoms with van der Waals surface area (Å²) in [5, 5.41) is 11.7. The molecule has 2 fully saturated rings. The molecule has 0 radical (unpaired) electrons. The topological polar surface area (TPSA) is 101 Å². The lowest BCUT2D eigenvalue weighted by molar-refractivity contribution is -0.156. The van der Waals surface area contributed by atoms with Crippen LogP contribution in [-0.4, -0.2) is 55.2 Å². The number of hydrogen-bond acceptors (Lipinski definition) is 6. The number of hydrogen-bond donors (Lipinski definition) is 1. The molecule has 9 heteroatoms. The van der Waals surface area contributed by atoms with Crippen LogP contribution in [0.1, 0.15) is 56.1 Å². The summed E-state index contributed by atoms with van der Waals surface area (Å²) >= 11 is 6.64. The van der Waals surface area contributed by atoms with Crippen molar-refractivity contribution in [1.29, 1.82) is 0 Å². The molecule has 38 heavy (non-hydrogen) atoms. The number of ether oxygens (including phenoxy) is 1. The Morgan fingerprint density at radius 1 is 1.16 bits per heavy atom. The number of likely N-dealkylation sites (tertiary alicyclic amines) is 1. The van der Waals surface area contributed by atoms with Crippen LogP contribution in [0.4, 0.5) is 0 Å². The number of piperidine rings is 1. The van der Waals surface area contributed by atoms with Gasteiger partial charge in [0.1, 0.15) is 5.57 Å². The van der Waals surface area contributed by atoms with Gasteiger partial charge in [0, 0.05) is 29.8 Å². The van der Waals surface area contributed by atoms with Gasteiger partial charge in [0.25, 0.3) is 0 Å². The summed E-state index contributed by atoms with van der Waals surface area (Å²) in [7, 11) is -3.40. The van der Waals surface area contributed by atoms with Gasteiger partial charge in [0.05, 0.1) is 11.4 Å². The molecule has 1 aliphatic carbocycles. The summed E-state index contributed by atoms with van der Waals surface area (Å²) in [6.07, 6.45) is 7.17. The lowest BCUT2D eigenvalue weighted by atomic mass is 9.87. The third-order valence-electron chi connectivity index (χ3n) is 8.06. The molecule has 2 heterocycles. The van der Waals surface area contributed by atoms with E-state index in [2.05, 4.69) is 0 Å². The third-order valence-corrected chi connectivity index (χ3v) is 9.49. The SMILES string of the molecule is Cc1cc(-c2cccc(S(C)(=O)=O)c2)c(Cl)cc1C1=C(O)C2(CCCN(C(=O)CC3CCCC3)C2)OC1=O. The predicted molar refractivity (Wildman–Crippen MR) is 145 cm³/mol. The third kappa shape index (κ3) is 4.96. The highest BCUT2D eigenvalue weighted by Crippen LogP contribution is 2.44. The fourth-order valence-corrected chi connectivity index (χ4v) is 6.95. The average molecular weight is 558 g/mol. The van der Waals surface area contributed by atoms with Crippen molar-refractivity contribution in [3.63, 3.8) is 0 Å². The first kappa shape index (κ1) is 26.8. The molecule has 2 aliphatic heterocycles. The van der Waals surface area contributed by atoms with Gasteiger partial charge in [-0.15, -0.1) is 0 Å². The van der Waals surface area contributed by atoms with E-state index in [0.29, 0.717) is 59.0 Å². The first-order valence-electron chi connectivity index (χ1n) is 13.0. The second-order valence-electron chi connectivity index (χ2n) is 10.8. The minimum absolute atomic E-state index is 0.0492. The Hall–Kier alpha value is -2.84. The van der Waals surface area contributed by atoms with E-state index in [0.717, 1.165) is 31.9 Å². The predicted octanol–water partition coefficient (Wildman–Crippen LogP) is 5.49. The summed E-state index contributed by atoms with van der Waals surface area (Å²) in [6, 6.07) is 9.89. The zero-order valence-corrected chi connectivity index (χ0v) is 23.2. The van der Waals surface area contributed by atoms with Crippen molar-refractivity contribution < 1.29 is 27.9 Å². The Balaban J connectivity index is 1.46. The van der Waals surface area contributed by atoms with Crippen molar-refractivity contribution >= 4 is 38.9 Å². The van der Waals surface area contributed by atoms with Crippen LogP contribution >= 0.6 is 11.6 Å². The van der Waals surface area contributed by atoms with Gasteiger partial charge in [0.15, 0.2) is 21.2 Å². The van der Waals surface area contributed by atoms with Crippen LogP contribution in [0.15, 0.2) is 47.1 Å². The van der Waals surface area contributed by atoms with Crippen molar-refractivity contribution in [3.05, 3.63) is 58.3 Å². The molecule has 2 aromatic rings. The highest BCUT2D eigenvalue weighted by Gasteiger charge is 2.52. The van der Waals surface area contributed by atoms with Crippen molar-refractivity contribution in [1.82, 2.24) is 4.90 Å². The molecule has 1 saturated heterocycles. The molecule has 1 unspecified atom stereocenters. The van der Waals surface area contributed by atoms with E-state index in [1.807, 2.05) is 0 Å². The number of nitrogens with zero attached hydrogens (tertiary/aromatic N) is 1. The Bertz CT molecular complexity index is 1440. The highest BCUT2D eigenvalue weighted by atomic mass is 35.5. The van der Waals surface area contributed by atoms with Crippen LogP contribution in [0.5, 0.6) is 0 Å². The minimum atomic E-state index is -3.40. The number of rotatable bonds is 5. The Labute approximate surface area is 228 Å². The van der Waals surface area contributed by atoms with Gasteiger partial charge in [0.2, 0.25) is 5.91 Å². The van der Waals surface area contributed by atoms with Gasteiger partial charge in [-0.3, -0.25) is 4.79 Å². The Morgan fingerprint density at radius 2 is 1.89 bits per heavy atom. The summed E-state index contributed by atoms with van der Waals surface area (Å²) in [6.45, 7) is 2.52. The maximum Gasteiger partial charge on any atom is 0.343 e. The van der Waals surface area contributed by atoms with Crippen molar-refractivity contribution in [3.8, 4) is 11.1 Å². The lowest BCUT2D eigenvalue weighted by Gasteiger charge is -2.39. The second kappa shape index (κ2) is 10.0. The zero-order chi connectivity index (χ0) is 27.2. The van der Waals surface area contributed by atoms with E-state index in [9.17, 15) is 23.1 Å². The van der Waals surface area contributed by atoms with Crippen LogP contribution in [0.25, 0.3) is 16.7 Å². The second-order valence-corrected chi connectivity index (χ2v) is 13.3. The maximum atomic E-state index is 13.1. The van der Waals surface area contributed by atoms with Crippen molar-refractivity contribution in [2.75, 3.05) is 19.3 Å². The average Bonchev–Trinajstić information content (AvgIpc) is 3.46. The van der Waals surface area contributed by atoms with Gasteiger partial charge in [-0.2, -0.15) is 0 Å². The molecular weight excluding hydrogens is 526 g/mol. The van der Waals surface area contributed by atoms with Gasteiger partial charge >= 0.3 is 5.97 Å². The quantitative estimate of drug-likeness (QED) is 0.488. The number of halogens is 1. The maximum absolute atomic E-state index is 13.1. The highest BCUT2D eigenvalue weighted by molar-refractivity contribution is 7.90. The number of aliphatic hydroxyl groups is 1. The molecular formula is C29H32ClNO6S. The van der Waals surface area contributed by atoms with Gasteiger partial charge in [-0.25, -0.2) is 13.2 Å². The largest absolute Gasteiger partial charge is 0.507 e. The molecule has 2 aromatic carbocycles. The molecule has 3 aliphatic rings. The number of aryl methyl sites for hydroxylation is 1. The van der Waals surface area contributed by atoms with Gasteiger partial charge < -0.3 is 14.7 Å². The molecule has 202 valence electrons. The molecule has 7 nitrogen and oxygen atoms in total. The normalized spacial score (nSPS) is 22.4. The minimum Gasteiger partial charge on any atom is -0.507 e. The van der Waals surface area contributed by atoms with Gasteiger partial charge in [-0.1, -0.05) is 36.6 Å². The van der Waals surface area contributed by atoms with E-state index < -0.39 is 21.4 Å². The summed E-state index contributed by atoms with van der Waals surface area (Å²) in [5.74, 6) is -0.341. The summed E-state index contributed by atoms with van der Waals surface area (Å²) < 4.78 is 29.9. The number of amides is 1. The monoisotopic (exact) mass is 557 g/mol. The van der Waals surface area contributed by atoms with Crippen LogP contribution in [0.2, 0.25) is 5.02 Å². The van der Waals surface area contributed by atoms with E-state index in [1.54, 1.807) is 42.2 Å². The zero-order valence-electron chi connectivity index (χ0n) is 21.6. The summed E-state index contributed by atoms with van der Waals surface area (Å²) in [5.41, 5.74) is 1.17. The van der Waals surface area contributed by atoms with E-state index in [4.69, 9.17) is 16.3 Å². The van der Waals surface area contributed by atoms with Crippen LogP contribution in [0.3, 0.4) is 0 Å².